The van der Waals surface area contributed by atoms with Crippen molar-refractivity contribution in [1.82, 2.24) is 9.97 Å². The Kier molecular flexibility index (Phi) is 5.20. The third-order valence-corrected chi connectivity index (χ3v) is 4.36. The molecule has 2 atom stereocenters. The van der Waals surface area contributed by atoms with Crippen LogP contribution in [0.25, 0.3) is 5.76 Å². The molecule has 0 saturated carbocycles. The number of rotatable bonds is 5. The van der Waals surface area contributed by atoms with Crippen molar-refractivity contribution in [2.24, 2.45) is 5.92 Å². The molecular weight excluding hydrogens is 342 g/mol. The van der Waals surface area contributed by atoms with Gasteiger partial charge in [0.05, 0.1) is 31.1 Å². The van der Waals surface area contributed by atoms with Crippen LogP contribution in [0.4, 0.5) is 5.82 Å². The van der Waals surface area contributed by atoms with E-state index in [-0.39, 0.29) is 17.4 Å². The number of morpholine rings is 1. The van der Waals surface area contributed by atoms with Gasteiger partial charge in [0.25, 0.3) is 0 Å². The predicted molar refractivity (Wildman–Crippen MR) is 97.8 cm³/mol. The summed E-state index contributed by atoms with van der Waals surface area (Å²) >= 11 is 6.17. The zero-order chi connectivity index (χ0) is 18.1. The number of hydrogen-bond donors (Lipinski definition) is 0. The van der Waals surface area contributed by atoms with E-state index in [4.69, 9.17) is 25.8 Å². The number of halogens is 1. The molecular formula is C18H24ClN3O3. The molecule has 0 spiro atoms. The lowest BCUT2D eigenvalue weighted by Crippen LogP contribution is -2.56. The van der Waals surface area contributed by atoms with Crippen molar-refractivity contribution >= 4 is 23.2 Å². The minimum absolute atomic E-state index is 0.111. The first-order valence-corrected chi connectivity index (χ1v) is 8.86. The lowest BCUT2D eigenvalue weighted by atomic mass is 10.1. The second-order valence-corrected chi connectivity index (χ2v) is 7.25. The van der Waals surface area contributed by atoms with E-state index in [1.54, 1.807) is 0 Å². The lowest BCUT2D eigenvalue weighted by Gasteiger charge is -2.44. The number of hydrogen-bond acceptors (Lipinski definition) is 6. The fourth-order valence-corrected chi connectivity index (χ4v) is 3.38. The Bertz CT molecular complexity index is 692. The van der Waals surface area contributed by atoms with Crippen molar-refractivity contribution in [2.45, 2.75) is 39.3 Å². The molecule has 6 nitrogen and oxygen atoms in total. The summed E-state index contributed by atoms with van der Waals surface area (Å²) in [5, 5.41) is 0.135. The largest absolute Gasteiger partial charge is 0.485 e. The molecule has 3 heterocycles. The molecule has 3 rings (SSSR count). The maximum absolute atomic E-state index is 6.17. The molecule has 136 valence electrons. The molecule has 0 aliphatic carbocycles. The van der Waals surface area contributed by atoms with Gasteiger partial charge in [-0.3, -0.25) is 0 Å². The van der Waals surface area contributed by atoms with Gasteiger partial charge in [0.2, 0.25) is 5.28 Å². The molecule has 1 aromatic rings. The Balaban J connectivity index is 1.92. The van der Waals surface area contributed by atoms with Crippen LogP contribution in [0.3, 0.4) is 0 Å². The van der Waals surface area contributed by atoms with Crippen molar-refractivity contribution in [2.75, 3.05) is 24.7 Å². The number of allylic oxidation sites excluding steroid dienone is 1. The average Bonchev–Trinajstić information content (AvgIpc) is 2.52. The standard InChI is InChI=1S/C18H24ClN3O3/c1-10(2)6-12(4)25-13(5)15-16-17(21-18(19)20-15)22-11(3)7-23-8-14(22)9-24-16/h10-11,14H,4-9H2,1-3H3. The third-order valence-electron chi connectivity index (χ3n) is 4.19. The van der Waals surface area contributed by atoms with E-state index >= 15 is 0 Å². The van der Waals surface area contributed by atoms with Gasteiger partial charge in [0.1, 0.15) is 12.4 Å². The smallest absolute Gasteiger partial charge is 0.225 e. The van der Waals surface area contributed by atoms with Gasteiger partial charge in [-0.1, -0.05) is 27.0 Å². The van der Waals surface area contributed by atoms with Crippen molar-refractivity contribution in [3.05, 3.63) is 29.9 Å². The highest BCUT2D eigenvalue weighted by atomic mass is 35.5. The van der Waals surface area contributed by atoms with E-state index in [1.165, 1.54) is 0 Å². The zero-order valence-corrected chi connectivity index (χ0v) is 15.7. The Morgan fingerprint density at radius 3 is 2.80 bits per heavy atom. The van der Waals surface area contributed by atoms with Gasteiger partial charge in [0, 0.05) is 6.42 Å². The van der Waals surface area contributed by atoms with Crippen molar-refractivity contribution in [1.29, 1.82) is 0 Å². The van der Waals surface area contributed by atoms with E-state index in [1.807, 2.05) is 0 Å². The molecule has 2 unspecified atom stereocenters. The summed E-state index contributed by atoms with van der Waals surface area (Å²) in [4.78, 5) is 10.9. The fourth-order valence-electron chi connectivity index (χ4n) is 3.21. The molecule has 25 heavy (non-hydrogen) atoms. The minimum Gasteiger partial charge on any atom is -0.485 e. The van der Waals surface area contributed by atoms with E-state index in [9.17, 15) is 0 Å². The second kappa shape index (κ2) is 7.22. The summed E-state index contributed by atoms with van der Waals surface area (Å²) in [6.45, 7) is 16.0. The van der Waals surface area contributed by atoms with Crippen LogP contribution in [0, 0.1) is 5.92 Å². The molecule has 7 heteroatoms. The number of nitrogens with zero attached hydrogens (tertiary/aromatic N) is 3. The van der Waals surface area contributed by atoms with Crippen LogP contribution in [0.2, 0.25) is 5.28 Å². The van der Waals surface area contributed by atoms with Crippen LogP contribution in [-0.4, -0.2) is 41.9 Å². The monoisotopic (exact) mass is 365 g/mol. The Hall–Kier alpha value is -1.79. The van der Waals surface area contributed by atoms with Crippen molar-refractivity contribution in [3.8, 4) is 5.75 Å². The summed E-state index contributed by atoms with van der Waals surface area (Å²) in [6, 6.07) is 0.283. The summed E-state index contributed by atoms with van der Waals surface area (Å²) < 4.78 is 17.3. The van der Waals surface area contributed by atoms with Crippen LogP contribution in [-0.2, 0) is 9.47 Å². The maximum Gasteiger partial charge on any atom is 0.225 e. The SMILES string of the molecule is C=C(CC(C)C)OC(=C)c1nc(Cl)nc2c1OCC1COCC(C)N21. The van der Waals surface area contributed by atoms with E-state index < -0.39 is 0 Å². The number of anilines is 1. The molecule has 0 radical (unpaired) electrons. The van der Waals surface area contributed by atoms with Crippen LogP contribution in [0.5, 0.6) is 5.75 Å². The molecule has 0 amide bonds. The normalized spacial score (nSPS) is 22.0. The highest BCUT2D eigenvalue weighted by Gasteiger charge is 2.38. The van der Waals surface area contributed by atoms with Gasteiger partial charge in [0.15, 0.2) is 17.3 Å². The highest BCUT2D eigenvalue weighted by molar-refractivity contribution is 6.28. The van der Waals surface area contributed by atoms with Crippen LogP contribution in [0.1, 0.15) is 32.9 Å². The third kappa shape index (κ3) is 3.75. The van der Waals surface area contributed by atoms with E-state index in [0.717, 1.165) is 6.42 Å². The summed E-state index contributed by atoms with van der Waals surface area (Å²) in [6.07, 6.45) is 0.740. The average molecular weight is 366 g/mol. The van der Waals surface area contributed by atoms with Gasteiger partial charge in [-0.15, -0.1) is 0 Å². The molecule has 1 saturated heterocycles. The quantitative estimate of drug-likeness (QED) is 0.586. The first kappa shape index (κ1) is 18.0. The highest BCUT2D eigenvalue weighted by Crippen LogP contribution is 2.40. The number of fused-ring (bicyclic) bond motifs is 3. The molecule has 1 aromatic heterocycles. The lowest BCUT2D eigenvalue weighted by molar-refractivity contribution is 0.0484. The van der Waals surface area contributed by atoms with Gasteiger partial charge in [-0.05, 0) is 24.4 Å². The minimum atomic E-state index is 0.111. The summed E-state index contributed by atoms with van der Waals surface area (Å²) in [7, 11) is 0. The topological polar surface area (TPSA) is 56.7 Å². The number of ether oxygens (including phenoxy) is 3. The second-order valence-electron chi connectivity index (χ2n) is 6.91. The zero-order valence-electron chi connectivity index (χ0n) is 14.9. The Morgan fingerprint density at radius 2 is 2.08 bits per heavy atom. The maximum atomic E-state index is 6.17. The number of aromatic nitrogens is 2. The predicted octanol–water partition coefficient (Wildman–Crippen LogP) is 3.66. The molecule has 2 aliphatic heterocycles. The van der Waals surface area contributed by atoms with Crippen LogP contribution in [0.15, 0.2) is 18.9 Å². The Morgan fingerprint density at radius 1 is 1.32 bits per heavy atom. The summed E-state index contributed by atoms with van der Waals surface area (Å²) in [5.41, 5.74) is 0.469. The molecule has 2 aliphatic rings. The van der Waals surface area contributed by atoms with Crippen molar-refractivity contribution in [3.63, 3.8) is 0 Å². The van der Waals surface area contributed by atoms with Gasteiger partial charge >= 0.3 is 0 Å². The van der Waals surface area contributed by atoms with E-state index in [2.05, 4.69) is 48.8 Å². The summed E-state index contributed by atoms with van der Waals surface area (Å²) in [5.74, 6) is 2.66. The van der Waals surface area contributed by atoms with Gasteiger partial charge in [-0.2, -0.15) is 4.98 Å². The van der Waals surface area contributed by atoms with E-state index in [0.29, 0.717) is 54.5 Å². The molecule has 0 bridgehead atoms. The molecule has 1 fully saturated rings. The fraction of sp³-hybridized carbons (Fsp3) is 0.556. The first-order valence-electron chi connectivity index (χ1n) is 8.48. The Labute approximate surface area is 153 Å². The molecule has 0 aromatic carbocycles. The van der Waals surface area contributed by atoms with Gasteiger partial charge < -0.3 is 19.1 Å². The van der Waals surface area contributed by atoms with Crippen molar-refractivity contribution < 1.29 is 14.2 Å². The molecule has 0 N–H and O–H groups in total. The van der Waals surface area contributed by atoms with Gasteiger partial charge in [-0.25, -0.2) is 4.98 Å². The van der Waals surface area contributed by atoms with Crippen LogP contribution >= 0.6 is 11.6 Å². The van der Waals surface area contributed by atoms with Crippen LogP contribution < -0.4 is 9.64 Å². The first-order chi connectivity index (χ1) is 11.9.